The molecule has 0 aliphatic heterocycles. The van der Waals surface area contributed by atoms with E-state index in [-0.39, 0.29) is 5.78 Å². The van der Waals surface area contributed by atoms with Gasteiger partial charge >= 0.3 is 0 Å². The molecule has 0 aliphatic carbocycles. The smallest absolute Gasteiger partial charge is 0.134 e. The van der Waals surface area contributed by atoms with Gasteiger partial charge in [0, 0.05) is 6.42 Å². The molecule has 0 amide bonds. The van der Waals surface area contributed by atoms with Crippen molar-refractivity contribution < 1.29 is 9.53 Å². The minimum absolute atomic E-state index is 0.194. The van der Waals surface area contributed by atoms with Crippen LogP contribution in [0.4, 0.5) is 0 Å². The zero-order valence-corrected chi connectivity index (χ0v) is 10.8. The van der Waals surface area contributed by atoms with Crippen molar-refractivity contribution in [3.8, 4) is 5.75 Å². The van der Waals surface area contributed by atoms with E-state index in [9.17, 15) is 4.79 Å². The zero-order chi connectivity index (χ0) is 12.3. The Morgan fingerprint density at radius 3 is 2.44 bits per heavy atom. The van der Waals surface area contributed by atoms with Crippen LogP contribution >= 0.6 is 0 Å². The van der Waals surface area contributed by atoms with Crippen molar-refractivity contribution in [2.45, 2.75) is 40.0 Å². The van der Waals surface area contributed by atoms with Crippen LogP contribution in [0.25, 0.3) is 0 Å². The molecule has 16 heavy (non-hydrogen) atoms. The van der Waals surface area contributed by atoms with Crippen LogP contribution in [0.1, 0.15) is 43.4 Å². The molecule has 0 radical (unpaired) electrons. The predicted molar refractivity (Wildman–Crippen MR) is 66.2 cm³/mol. The summed E-state index contributed by atoms with van der Waals surface area (Å²) in [4.78, 5) is 11.1. The monoisotopic (exact) mass is 220 g/mol. The number of benzene rings is 1. The Morgan fingerprint density at radius 1 is 1.38 bits per heavy atom. The third-order valence-electron chi connectivity index (χ3n) is 2.64. The van der Waals surface area contributed by atoms with Crippen LogP contribution in [-0.2, 0) is 11.2 Å². The molecule has 0 bridgehead atoms. The molecule has 0 heterocycles. The fourth-order valence-electron chi connectivity index (χ4n) is 1.98. The van der Waals surface area contributed by atoms with Crippen LogP contribution in [0.15, 0.2) is 12.1 Å². The van der Waals surface area contributed by atoms with Crippen LogP contribution in [0.2, 0.25) is 0 Å². The number of carbonyl (C=O) groups excluding carboxylic acids is 1. The molecule has 2 nitrogen and oxygen atoms in total. The summed E-state index contributed by atoms with van der Waals surface area (Å²) in [5.41, 5.74) is 3.36. The Morgan fingerprint density at radius 2 is 2.00 bits per heavy atom. The number of aryl methyl sites for hydroxylation is 1. The normalized spacial score (nSPS) is 10.6. The number of hydrogen-bond acceptors (Lipinski definition) is 2. The standard InChI is InChI=1S/C14H20O2/c1-9(2)13-8-12(7-11(4)15)6-10(3)14(13)16-5/h6,8-9H,7H2,1-5H3. The van der Waals surface area contributed by atoms with E-state index < -0.39 is 0 Å². The topological polar surface area (TPSA) is 26.3 Å². The van der Waals surface area contributed by atoms with E-state index in [1.165, 1.54) is 5.56 Å². The summed E-state index contributed by atoms with van der Waals surface area (Å²) in [6.07, 6.45) is 0.505. The summed E-state index contributed by atoms with van der Waals surface area (Å²) in [6, 6.07) is 4.12. The lowest BCUT2D eigenvalue weighted by Crippen LogP contribution is -2.02. The summed E-state index contributed by atoms with van der Waals surface area (Å²) in [7, 11) is 1.69. The molecule has 0 aliphatic rings. The number of Topliss-reactive ketones (excluding diaryl/α,β-unsaturated/α-hetero) is 1. The molecule has 0 fully saturated rings. The van der Waals surface area contributed by atoms with Crippen molar-refractivity contribution in [1.29, 1.82) is 0 Å². The Kier molecular flexibility index (Phi) is 4.11. The van der Waals surface area contributed by atoms with E-state index in [1.54, 1.807) is 14.0 Å². The second-order valence-corrected chi connectivity index (χ2v) is 4.57. The summed E-state index contributed by atoms with van der Waals surface area (Å²) < 4.78 is 5.41. The molecule has 1 aromatic rings. The highest BCUT2D eigenvalue weighted by Crippen LogP contribution is 2.31. The molecule has 1 rings (SSSR count). The maximum Gasteiger partial charge on any atom is 0.134 e. The van der Waals surface area contributed by atoms with Gasteiger partial charge in [0.05, 0.1) is 7.11 Å². The molecule has 0 saturated carbocycles. The Bertz CT molecular complexity index is 392. The third-order valence-corrected chi connectivity index (χ3v) is 2.64. The molecule has 2 heteroatoms. The van der Waals surface area contributed by atoms with E-state index >= 15 is 0 Å². The van der Waals surface area contributed by atoms with Crippen molar-refractivity contribution in [2.24, 2.45) is 0 Å². The molecule has 0 aromatic heterocycles. The second-order valence-electron chi connectivity index (χ2n) is 4.57. The summed E-state index contributed by atoms with van der Waals surface area (Å²) in [5, 5.41) is 0. The van der Waals surface area contributed by atoms with Gasteiger partial charge in [-0.05, 0) is 36.5 Å². The molecule has 0 unspecified atom stereocenters. The maximum absolute atomic E-state index is 11.1. The second kappa shape index (κ2) is 5.15. The van der Waals surface area contributed by atoms with Crippen LogP contribution in [0, 0.1) is 6.92 Å². The molecule has 1 aromatic carbocycles. The first-order chi connectivity index (χ1) is 7.45. The largest absolute Gasteiger partial charge is 0.496 e. The van der Waals surface area contributed by atoms with Gasteiger partial charge in [0.25, 0.3) is 0 Å². The number of hydrogen-bond donors (Lipinski definition) is 0. The summed E-state index contributed by atoms with van der Waals surface area (Å²) in [5.74, 6) is 1.54. The number of ketones is 1. The Hall–Kier alpha value is -1.31. The van der Waals surface area contributed by atoms with Crippen LogP contribution in [-0.4, -0.2) is 12.9 Å². The van der Waals surface area contributed by atoms with E-state index in [4.69, 9.17) is 4.74 Å². The first-order valence-electron chi connectivity index (χ1n) is 5.62. The van der Waals surface area contributed by atoms with Crippen LogP contribution < -0.4 is 4.74 Å². The zero-order valence-electron chi connectivity index (χ0n) is 10.8. The van der Waals surface area contributed by atoms with Gasteiger partial charge in [0.15, 0.2) is 0 Å². The fraction of sp³-hybridized carbons (Fsp3) is 0.500. The highest BCUT2D eigenvalue weighted by molar-refractivity contribution is 5.78. The van der Waals surface area contributed by atoms with E-state index in [2.05, 4.69) is 19.9 Å². The lowest BCUT2D eigenvalue weighted by molar-refractivity contribution is -0.116. The molecule has 88 valence electrons. The van der Waals surface area contributed by atoms with Gasteiger partial charge in [-0.1, -0.05) is 26.0 Å². The quantitative estimate of drug-likeness (QED) is 0.778. The number of methoxy groups -OCH3 is 1. The third kappa shape index (κ3) is 2.84. The molecule has 0 N–H and O–H groups in total. The molecule has 0 atom stereocenters. The maximum atomic E-state index is 11.1. The lowest BCUT2D eigenvalue weighted by Gasteiger charge is -2.16. The van der Waals surface area contributed by atoms with E-state index in [1.807, 2.05) is 13.0 Å². The van der Waals surface area contributed by atoms with Crippen molar-refractivity contribution in [3.63, 3.8) is 0 Å². The molecule has 0 spiro atoms. The molecular formula is C14H20O2. The Labute approximate surface area is 97.6 Å². The van der Waals surface area contributed by atoms with E-state index in [0.717, 1.165) is 16.9 Å². The SMILES string of the molecule is COc1c(C)cc(CC(C)=O)cc1C(C)C. The van der Waals surface area contributed by atoms with E-state index in [0.29, 0.717) is 12.3 Å². The van der Waals surface area contributed by atoms with Gasteiger partial charge in [-0.15, -0.1) is 0 Å². The average molecular weight is 220 g/mol. The van der Waals surface area contributed by atoms with Crippen LogP contribution in [0.5, 0.6) is 5.75 Å². The molecule has 0 saturated heterocycles. The highest BCUT2D eigenvalue weighted by atomic mass is 16.5. The first kappa shape index (κ1) is 12.8. The highest BCUT2D eigenvalue weighted by Gasteiger charge is 2.12. The summed E-state index contributed by atoms with van der Waals surface area (Å²) >= 11 is 0. The van der Waals surface area contributed by atoms with Crippen molar-refractivity contribution in [1.82, 2.24) is 0 Å². The minimum Gasteiger partial charge on any atom is -0.496 e. The number of carbonyl (C=O) groups is 1. The van der Waals surface area contributed by atoms with Crippen molar-refractivity contribution in [3.05, 3.63) is 28.8 Å². The van der Waals surface area contributed by atoms with Crippen LogP contribution in [0.3, 0.4) is 0 Å². The fourth-order valence-corrected chi connectivity index (χ4v) is 1.98. The Balaban J connectivity index is 3.22. The van der Waals surface area contributed by atoms with Crippen molar-refractivity contribution in [2.75, 3.05) is 7.11 Å². The predicted octanol–water partition coefficient (Wildman–Crippen LogP) is 3.26. The first-order valence-corrected chi connectivity index (χ1v) is 5.62. The number of ether oxygens (including phenoxy) is 1. The summed E-state index contributed by atoms with van der Waals surface area (Å²) in [6.45, 7) is 7.91. The average Bonchev–Trinajstić information content (AvgIpc) is 2.15. The number of rotatable bonds is 4. The van der Waals surface area contributed by atoms with Gasteiger partial charge in [0.2, 0.25) is 0 Å². The van der Waals surface area contributed by atoms with Crippen molar-refractivity contribution >= 4 is 5.78 Å². The lowest BCUT2D eigenvalue weighted by atomic mass is 9.95. The van der Waals surface area contributed by atoms with Gasteiger partial charge in [-0.2, -0.15) is 0 Å². The van der Waals surface area contributed by atoms with Gasteiger partial charge in [0.1, 0.15) is 11.5 Å². The minimum atomic E-state index is 0.194. The van der Waals surface area contributed by atoms with Gasteiger partial charge in [-0.3, -0.25) is 4.79 Å². The molecular weight excluding hydrogens is 200 g/mol. The van der Waals surface area contributed by atoms with Gasteiger partial charge < -0.3 is 4.74 Å². The van der Waals surface area contributed by atoms with Gasteiger partial charge in [-0.25, -0.2) is 0 Å².